The minimum absolute atomic E-state index is 0.0710. The number of ether oxygens (including phenoxy) is 1. The summed E-state index contributed by atoms with van der Waals surface area (Å²) in [7, 11) is 0. The Labute approximate surface area is 166 Å². The number of rotatable bonds is 2. The van der Waals surface area contributed by atoms with Crippen molar-refractivity contribution in [2.45, 2.75) is 0 Å². The van der Waals surface area contributed by atoms with Crippen LogP contribution in [0.15, 0.2) is 45.0 Å². The molecule has 106 valence electrons. The molecule has 0 aliphatic carbocycles. The summed E-state index contributed by atoms with van der Waals surface area (Å²) in [5.74, 6) is 1.18. The number of phenols is 1. The molecule has 2 aromatic rings. The fourth-order valence-electron chi connectivity index (χ4n) is 1.34. The summed E-state index contributed by atoms with van der Waals surface area (Å²) in [4.78, 5) is 0. The van der Waals surface area contributed by atoms with Gasteiger partial charge in [-0.1, -0.05) is 0 Å². The maximum atomic E-state index is 9.98. The molecule has 0 radical (unpaired) electrons. The van der Waals surface area contributed by atoms with Crippen molar-refractivity contribution in [1.82, 2.24) is 0 Å². The van der Waals surface area contributed by atoms with Crippen LogP contribution in [0.1, 0.15) is 0 Å². The molecule has 0 aliphatic heterocycles. The van der Waals surface area contributed by atoms with E-state index in [0.29, 0.717) is 24.9 Å². The van der Waals surface area contributed by atoms with Gasteiger partial charge in [0.05, 0.1) is 8.95 Å². The second-order valence-electron chi connectivity index (χ2n) is 3.63. The smallest absolute Gasteiger partial charge is 0.148 e. The lowest BCUT2D eigenvalue weighted by Crippen LogP contribution is -1.89. The highest BCUT2D eigenvalue weighted by Gasteiger charge is 2.16. The molecule has 0 aromatic heterocycles. The predicted octanol–water partition coefficient (Wildman–Crippen LogP) is 7.76. The average molecular weight is 660 g/mol. The molecule has 0 saturated heterocycles. The Morgan fingerprint density at radius 2 is 1.20 bits per heavy atom. The molecule has 0 fully saturated rings. The number of phenolic OH excluding ortho intramolecular Hbond substituents is 1. The van der Waals surface area contributed by atoms with E-state index in [1.54, 1.807) is 6.07 Å². The SMILES string of the molecule is Oc1c(Br)c(Br)cc(Oc2cc(Br)c(Br)cc2Br)c1Br. The molecule has 0 heterocycles. The van der Waals surface area contributed by atoms with Gasteiger partial charge in [-0.25, -0.2) is 0 Å². The molecular weight excluding hydrogens is 656 g/mol. The molecule has 0 atom stereocenters. The van der Waals surface area contributed by atoms with Gasteiger partial charge in [0.25, 0.3) is 0 Å². The average Bonchev–Trinajstić information content (AvgIpc) is 2.39. The highest BCUT2D eigenvalue weighted by atomic mass is 79.9. The van der Waals surface area contributed by atoms with Crippen LogP contribution in [0.25, 0.3) is 0 Å². The van der Waals surface area contributed by atoms with Gasteiger partial charge in [-0.2, -0.15) is 0 Å². The highest BCUT2D eigenvalue weighted by molar-refractivity contribution is 9.13. The lowest BCUT2D eigenvalue weighted by Gasteiger charge is -2.13. The summed E-state index contributed by atoms with van der Waals surface area (Å²) >= 11 is 20.2. The Morgan fingerprint density at radius 1 is 0.650 bits per heavy atom. The first-order valence-electron chi connectivity index (χ1n) is 5.00. The van der Waals surface area contributed by atoms with E-state index in [1.165, 1.54) is 0 Å². The van der Waals surface area contributed by atoms with Crippen LogP contribution >= 0.6 is 95.6 Å². The third-order valence-electron chi connectivity index (χ3n) is 2.29. The Balaban J connectivity index is 2.48. The molecule has 0 bridgehead atoms. The molecule has 1 N–H and O–H groups in total. The maximum Gasteiger partial charge on any atom is 0.148 e. The summed E-state index contributed by atoms with van der Waals surface area (Å²) in [6, 6.07) is 5.46. The first-order valence-corrected chi connectivity index (χ1v) is 9.76. The third-order valence-corrected chi connectivity index (χ3v) is 7.48. The summed E-state index contributed by atoms with van der Waals surface area (Å²) in [6.45, 7) is 0. The van der Waals surface area contributed by atoms with Crippen molar-refractivity contribution < 1.29 is 9.84 Å². The summed E-state index contributed by atoms with van der Waals surface area (Å²) < 4.78 is 10.1. The summed E-state index contributed by atoms with van der Waals surface area (Å²) in [5.41, 5.74) is 0. The van der Waals surface area contributed by atoms with Gasteiger partial charge in [0.15, 0.2) is 0 Å². The molecule has 2 nitrogen and oxygen atoms in total. The zero-order chi connectivity index (χ0) is 15.0. The number of benzene rings is 2. The van der Waals surface area contributed by atoms with Crippen LogP contribution in [-0.2, 0) is 0 Å². The van der Waals surface area contributed by atoms with Gasteiger partial charge in [-0.15, -0.1) is 0 Å². The van der Waals surface area contributed by atoms with Crippen LogP contribution in [0.4, 0.5) is 0 Å². The van der Waals surface area contributed by atoms with Crippen LogP contribution in [0.3, 0.4) is 0 Å². The second-order valence-corrected chi connectivity index (χ2v) is 8.64. The molecule has 8 heteroatoms. The quantitative estimate of drug-likeness (QED) is 0.334. The van der Waals surface area contributed by atoms with Gasteiger partial charge in [0.1, 0.15) is 21.7 Å². The van der Waals surface area contributed by atoms with Crippen LogP contribution in [0, 0.1) is 0 Å². The van der Waals surface area contributed by atoms with Crippen LogP contribution in [0.2, 0.25) is 0 Å². The number of hydrogen-bond donors (Lipinski definition) is 1. The van der Waals surface area contributed by atoms with Crippen LogP contribution in [-0.4, -0.2) is 5.11 Å². The summed E-state index contributed by atoms with van der Waals surface area (Å²) in [5, 5.41) is 9.98. The predicted molar refractivity (Wildman–Crippen MR) is 101 cm³/mol. The van der Waals surface area contributed by atoms with Crippen molar-refractivity contribution in [2.75, 3.05) is 0 Å². The van der Waals surface area contributed by atoms with Crippen molar-refractivity contribution in [2.24, 2.45) is 0 Å². The van der Waals surface area contributed by atoms with Crippen molar-refractivity contribution in [1.29, 1.82) is 0 Å². The van der Waals surface area contributed by atoms with E-state index in [-0.39, 0.29) is 5.75 Å². The van der Waals surface area contributed by atoms with Gasteiger partial charge in [0.2, 0.25) is 0 Å². The Kier molecular flexibility index (Phi) is 6.05. The van der Waals surface area contributed by atoms with Gasteiger partial charge < -0.3 is 9.84 Å². The Hall–Kier alpha value is 0.920. The van der Waals surface area contributed by atoms with E-state index >= 15 is 0 Å². The van der Waals surface area contributed by atoms with Crippen molar-refractivity contribution in [3.63, 3.8) is 0 Å². The number of halogens is 6. The largest absolute Gasteiger partial charge is 0.505 e. The molecule has 2 rings (SSSR count). The van der Waals surface area contributed by atoms with Gasteiger partial charge in [-0.3, -0.25) is 0 Å². The fourth-order valence-corrected chi connectivity index (χ4v) is 4.11. The van der Waals surface area contributed by atoms with Gasteiger partial charge in [0, 0.05) is 13.4 Å². The zero-order valence-electron chi connectivity index (χ0n) is 9.36. The molecular formula is C12H4Br6O2. The number of aromatic hydroxyl groups is 1. The lowest BCUT2D eigenvalue weighted by atomic mass is 10.3. The van der Waals surface area contributed by atoms with Crippen LogP contribution in [0.5, 0.6) is 17.2 Å². The summed E-state index contributed by atoms with van der Waals surface area (Å²) in [6.07, 6.45) is 0. The molecule has 0 amide bonds. The molecule has 20 heavy (non-hydrogen) atoms. The maximum absolute atomic E-state index is 9.98. The molecule has 0 saturated carbocycles. The van der Waals surface area contributed by atoms with Gasteiger partial charge >= 0.3 is 0 Å². The molecule has 0 aliphatic rings. The second kappa shape index (κ2) is 7.00. The van der Waals surface area contributed by atoms with Crippen molar-refractivity contribution >= 4 is 95.6 Å². The van der Waals surface area contributed by atoms with E-state index in [9.17, 15) is 5.11 Å². The normalized spacial score (nSPS) is 10.7. The molecule has 2 aromatic carbocycles. The monoisotopic (exact) mass is 654 g/mol. The Morgan fingerprint density at radius 3 is 1.85 bits per heavy atom. The van der Waals surface area contributed by atoms with E-state index < -0.39 is 0 Å². The van der Waals surface area contributed by atoms with Crippen molar-refractivity contribution in [3.8, 4) is 17.2 Å². The van der Waals surface area contributed by atoms with E-state index in [1.807, 2.05) is 12.1 Å². The highest BCUT2D eigenvalue weighted by Crippen LogP contribution is 2.46. The van der Waals surface area contributed by atoms with E-state index in [4.69, 9.17) is 4.74 Å². The minimum Gasteiger partial charge on any atom is -0.505 e. The third kappa shape index (κ3) is 3.63. The first kappa shape index (κ1) is 17.3. The number of hydrogen-bond acceptors (Lipinski definition) is 2. The van der Waals surface area contributed by atoms with E-state index in [2.05, 4.69) is 95.6 Å². The van der Waals surface area contributed by atoms with Crippen molar-refractivity contribution in [3.05, 3.63) is 45.0 Å². The topological polar surface area (TPSA) is 29.5 Å². The zero-order valence-corrected chi connectivity index (χ0v) is 18.9. The molecule has 0 unspecified atom stereocenters. The lowest BCUT2D eigenvalue weighted by molar-refractivity contribution is 0.445. The van der Waals surface area contributed by atoms with Crippen LogP contribution < -0.4 is 4.74 Å². The van der Waals surface area contributed by atoms with E-state index in [0.717, 1.165) is 13.4 Å². The minimum atomic E-state index is 0.0710. The fraction of sp³-hybridized carbons (Fsp3) is 0. The standard InChI is InChI=1S/C12H4Br6O2/c13-4-1-6(15)8(2-5(4)14)20-9-3-7(16)10(17)12(19)11(9)18/h1-3,19H. The molecule has 0 spiro atoms. The Bertz CT molecular complexity index is 686. The first-order chi connectivity index (χ1) is 9.31. The van der Waals surface area contributed by atoms with Gasteiger partial charge in [-0.05, 0) is 114 Å².